The van der Waals surface area contributed by atoms with Crippen molar-refractivity contribution in [2.45, 2.75) is 26.7 Å². The van der Waals surface area contributed by atoms with E-state index in [0.717, 1.165) is 25.9 Å². The van der Waals surface area contributed by atoms with Gasteiger partial charge in [0.2, 0.25) is 11.6 Å². The van der Waals surface area contributed by atoms with Crippen LogP contribution in [0.25, 0.3) is 0 Å². The number of hydrogen-bond acceptors (Lipinski definition) is 7. The third-order valence-corrected chi connectivity index (χ3v) is 4.50. The summed E-state index contributed by atoms with van der Waals surface area (Å²) in [6.45, 7) is 5.11. The maximum absolute atomic E-state index is 11.7. The van der Waals surface area contributed by atoms with E-state index in [1.807, 2.05) is 4.90 Å². The van der Waals surface area contributed by atoms with Crippen LogP contribution < -0.4 is 10.2 Å². The highest BCUT2D eigenvalue weighted by atomic mass is 16.6. The first-order chi connectivity index (χ1) is 12.5. The number of anilines is 3. The Kier molecular flexibility index (Phi) is 5.11. The van der Waals surface area contributed by atoms with E-state index in [1.165, 1.54) is 13.3 Å². The smallest absolute Gasteiger partial charge is 0.350 e. The van der Waals surface area contributed by atoms with Crippen molar-refractivity contribution in [1.82, 2.24) is 9.97 Å². The summed E-state index contributed by atoms with van der Waals surface area (Å²) in [5.74, 6) is 0.924. The van der Waals surface area contributed by atoms with Gasteiger partial charge in [-0.25, -0.2) is 9.97 Å². The van der Waals surface area contributed by atoms with Crippen LogP contribution in [0.2, 0.25) is 0 Å². The molecule has 0 radical (unpaired) electrons. The highest BCUT2D eigenvalue weighted by Gasteiger charge is 2.29. The molecule has 2 heterocycles. The SMILES string of the molecule is CC(=O)c1ccc(Nc2ncnc(N3CCCC(C)C3)c2[N+](=O)[O-])cc1. The van der Waals surface area contributed by atoms with Crippen molar-refractivity contribution in [3.63, 3.8) is 0 Å². The zero-order chi connectivity index (χ0) is 18.7. The fourth-order valence-corrected chi connectivity index (χ4v) is 3.17. The lowest BCUT2D eigenvalue weighted by atomic mass is 10.0. The predicted octanol–water partition coefficient (Wildman–Crippen LogP) is 3.57. The number of nitrogens with zero attached hydrogens (tertiary/aromatic N) is 4. The summed E-state index contributed by atoms with van der Waals surface area (Å²) < 4.78 is 0. The molecule has 1 aliphatic heterocycles. The Morgan fingerprint density at radius 2 is 2.04 bits per heavy atom. The normalized spacial score (nSPS) is 17.0. The average Bonchev–Trinajstić information content (AvgIpc) is 2.61. The predicted molar refractivity (Wildman–Crippen MR) is 99.0 cm³/mol. The standard InChI is InChI=1S/C18H21N5O3/c1-12-4-3-9-22(10-12)18-16(23(25)26)17(19-11-20-18)21-15-7-5-14(6-8-15)13(2)24/h5-8,11-12H,3-4,9-10H2,1-2H3,(H,19,20,21). The van der Waals surface area contributed by atoms with Crippen LogP contribution in [0.4, 0.5) is 23.0 Å². The molecule has 1 fully saturated rings. The van der Waals surface area contributed by atoms with E-state index in [1.54, 1.807) is 24.3 Å². The molecular formula is C18H21N5O3. The molecule has 2 aromatic rings. The van der Waals surface area contributed by atoms with Crippen molar-refractivity contribution >= 4 is 28.8 Å². The van der Waals surface area contributed by atoms with Gasteiger partial charge < -0.3 is 10.2 Å². The molecule has 0 spiro atoms. The molecule has 26 heavy (non-hydrogen) atoms. The number of benzene rings is 1. The molecule has 1 aliphatic rings. The van der Waals surface area contributed by atoms with Crippen molar-refractivity contribution < 1.29 is 9.72 Å². The lowest BCUT2D eigenvalue weighted by Crippen LogP contribution is -2.35. The molecule has 3 rings (SSSR count). The van der Waals surface area contributed by atoms with Gasteiger partial charge in [-0.15, -0.1) is 0 Å². The van der Waals surface area contributed by atoms with Gasteiger partial charge in [0.05, 0.1) is 4.92 Å². The summed E-state index contributed by atoms with van der Waals surface area (Å²) in [4.78, 5) is 32.9. The number of carbonyl (C=O) groups excluding carboxylic acids is 1. The zero-order valence-electron chi connectivity index (χ0n) is 14.8. The van der Waals surface area contributed by atoms with Gasteiger partial charge in [-0.2, -0.15) is 0 Å². The van der Waals surface area contributed by atoms with Crippen molar-refractivity contribution in [3.05, 3.63) is 46.3 Å². The van der Waals surface area contributed by atoms with Crippen LogP contribution in [0.5, 0.6) is 0 Å². The molecule has 8 nitrogen and oxygen atoms in total. The van der Waals surface area contributed by atoms with Crippen LogP contribution >= 0.6 is 0 Å². The number of nitro groups is 1. The van der Waals surface area contributed by atoms with Gasteiger partial charge in [-0.3, -0.25) is 14.9 Å². The highest BCUT2D eigenvalue weighted by Crippen LogP contribution is 2.35. The number of carbonyl (C=O) groups is 1. The number of Topliss-reactive ketones (excluding diaryl/α,β-unsaturated/α-hetero) is 1. The lowest BCUT2D eigenvalue weighted by Gasteiger charge is -2.31. The number of hydrogen-bond donors (Lipinski definition) is 1. The van der Waals surface area contributed by atoms with E-state index >= 15 is 0 Å². The minimum Gasteiger partial charge on any atom is -0.350 e. The Labute approximate surface area is 151 Å². The van der Waals surface area contributed by atoms with Gasteiger partial charge >= 0.3 is 5.69 Å². The molecule has 1 saturated heterocycles. The van der Waals surface area contributed by atoms with Crippen molar-refractivity contribution in [1.29, 1.82) is 0 Å². The van der Waals surface area contributed by atoms with Gasteiger partial charge in [0, 0.05) is 24.3 Å². The van der Waals surface area contributed by atoms with Gasteiger partial charge in [-0.05, 0) is 49.9 Å². The minimum atomic E-state index is -0.444. The molecular weight excluding hydrogens is 334 g/mol. The van der Waals surface area contributed by atoms with E-state index in [9.17, 15) is 14.9 Å². The third kappa shape index (κ3) is 3.79. The van der Waals surface area contributed by atoms with Gasteiger partial charge in [0.25, 0.3) is 0 Å². The molecule has 8 heteroatoms. The molecule has 1 atom stereocenters. The first-order valence-corrected chi connectivity index (χ1v) is 8.58. The van der Waals surface area contributed by atoms with E-state index in [0.29, 0.717) is 23.0 Å². The van der Waals surface area contributed by atoms with E-state index < -0.39 is 4.92 Å². The van der Waals surface area contributed by atoms with E-state index in [4.69, 9.17) is 0 Å². The maximum Gasteiger partial charge on any atom is 0.353 e. The van der Waals surface area contributed by atoms with Crippen LogP contribution in [0.15, 0.2) is 30.6 Å². The molecule has 0 bridgehead atoms. The van der Waals surface area contributed by atoms with Crippen LogP contribution in [0, 0.1) is 16.0 Å². The first-order valence-electron chi connectivity index (χ1n) is 8.58. The van der Waals surface area contributed by atoms with Gasteiger partial charge in [0.15, 0.2) is 5.78 Å². The molecule has 1 unspecified atom stereocenters. The Morgan fingerprint density at radius 1 is 1.31 bits per heavy atom. The first kappa shape index (κ1) is 17.8. The van der Waals surface area contributed by atoms with E-state index in [2.05, 4.69) is 22.2 Å². The maximum atomic E-state index is 11.7. The quantitative estimate of drug-likeness (QED) is 0.497. The molecule has 136 valence electrons. The summed E-state index contributed by atoms with van der Waals surface area (Å²) in [5, 5.41) is 14.7. The van der Waals surface area contributed by atoms with Gasteiger partial charge in [-0.1, -0.05) is 6.92 Å². The number of aromatic nitrogens is 2. The molecule has 1 aromatic heterocycles. The number of ketones is 1. The fourth-order valence-electron chi connectivity index (χ4n) is 3.17. The third-order valence-electron chi connectivity index (χ3n) is 4.50. The monoisotopic (exact) mass is 355 g/mol. The molecule has 0 aliphatic carbocycles. The number of piperidine rings is 1. The second-order valence-electron chi connectivity index (χ2n) is 6.60. The zero-order valence-corrected chi connectivity index (χ0v) is 14.8. The number of nitrogens with one attached hydrogen (secondary N) is 1. The molecule has 1 aromatic carbocycles. The van der Waals surface area contributed by atoms with Crippen LogP contribution in [-0.2, 0) is 0 Å². The lowest BCUT2D eigenvalue weighted by molar-refractivity contribution is -0.383. The summed E-state index contributed by atoms with van der Waals surface area (Å²) in [5.41, 5.74) is 1.07. The average molecular weight is 355 g/mol. The van der Waals surface area contributed by atoms with E-state index in [-0.39, 0.29) is 17.3 Å². The summed E-state index contributed by atoms with van der Waals surface area (Å²) >= 11 is 0. The van der Waals surface area contributed by atoms with Crippen LogP contribution in [0.3, 0.4) is 0 Å². The number of rotatable bonds is 5. The Bertz CT molecular complexity index is 822. The Hall–Kier alpha value is -3.03. The Morgan fingerprint density at radius 3 is 2.65 bits per heavy atom. The van der Waals surface area contributed by atoms with Crippen molar-refractivity contribution in [2.75, 3.05) is 23.3 Å². The fraction of sp³-hybridized carbons (Fsp3) is 0.389. The highest BCUT2D eigenvalue weighted by molar-refractivity contribution is 5.94. The van der Waals surface area contributed by atoms with Gasteiger partial charge in [0.1, 0.15) is 6.33 Å². The second kappa shape index (κ2) is 7.47. The summed E-state index contributed by atoms with van der Waals surface area (Å²) in [6, 6.07) is 6.74. The Balaban J connectivity index is 1.92. The van der Waals surface area contributed by atoms with Crippen molar-refractivity contribution in [2.24, 2.45) is 5.92 Å². The van der Waals surface area contributed by atoms with Crippen LogP contribution in [0.1, 0.15) is 37.0 Å². The van der Waals surface area contributed by atoms with Crippen molar-refractivity contribution in [3.8, 4) is 0 Å². The summed E-state index contributed by atoms with van der Waals surface area (Å²) in [6.07, 6.45) is 3.44. The van der Waals surface area contributed by atoms with Crippen LogP contribution in [-0.4, -0.2) is 33.8 Å². The molecule has 1 N–H and O–H groups in total. The minimum absolute atomic E-state index is 0.0360. The molecule has 0 amide bonds. The second-order valence-corrected chi connectivity index (χ2v) is 6.60. The molecule has 0 saturated carbocycles. The largest absolute Gasteiger partial charge is 0.353 e. The summed E-state index contributed by atoms with van der Waals surface area (Å²) in [7, 11) is 0. The topological polar surface area (TPSA) is 101 Å².